The summed E-state index contributed by atoms with van der Waals surface area (Å²) in [5.41, 5.74) is 6.49. The molecule has 0 aliphatic heterocycles. The lowest BCUT2D eigenvalue weighted by Crippen LogP contribution is -2.40. The van der Waals surface area contributed by atoms with Gasteiger partial charge in [-0.25, -0.2) is 0 Å². The van der Waals surface area contributed by atoms with E-state index in [2.05, 4.69) is 5.32 Å². The number of methoxy groups -OCH3 is 1. The van der Waals surface area contributed by atoms with E-state index < -0.39 is 6.04 Å². The van der Waals surface area contributed by atoms with Crippen molar-refractivity contribution < 1.29 is 9.53 Å². The number of halogens is 1. The van der Waals surface area contributed by atoms with E-state index in [1.807, 2.05) is 30.3 Å². The molecule has 3 N–H and O–H groups in total. The van der Waals surface area contributed by atoms with Gasteiger partial charge in [-0.3, -0.25) is 4.79 Å². The van der Waals surface area contributed by atoms with Crippen molar-refractivity contribution in [1.29, 1.82) is 0 Å². The van der Waals surface area contributed by atoms with Crippen LogP contribution < -0.4 is 11.1 Å². The molecule has 1 aromatic rings. The number of carbonyl (C=O) groups is 1. The van der Waals surface area contributed by atoms with Crippen molar-refractivity contribution in [3.63, 3.8) is 0 Å². The lowest BCUT2D eigenvalue weighted by atomic mass is 10.1. The Labute approximate surface area is 108 Å². The molecule has 2 atom stereocenters. The average Bonchev–Trinajstić information content (AvgIpc) is 2.30. The first-order chi connectivity index (χ1) is 7.65. The Balaban J connectivity index is 0.00000256. The van der Waals surface area contributed by atoms with E-state index in [1.54, 1.807) is 14.0 Å². The molecule has 0 aliphatic rings. The maximum atomic E-state index is 11.3. The van der Waals surface area contributed by atoms with Gasteiger partial charge in [0.1, 0.15) is 0 Å². The summed E-state index contributed by atoms with van der Waals surface area (Å²) in [6.07, 6.45) is -0.135. The van der Waals surface area contributed by atoms with Gasteiger partial charge in [0.05, 0.1) is 12.1 Å². The Morgan fingerprint density at radius 1 is 1.41 bits per heavy atom. The van der Waals surface area contributed by atoms with Crippen LogP contribution in [-0.4, -0.2) is 25.6 Å². The summed E-state index contributed by atoms with van der Waals surface area (Å²) in [6, 6.07) is 9.26. The molecule has 0 aromatic heterocycles. The third-order valence-corrected chi connectivity index (χ3v) is 2.33. The molecular weight excluding hydrogens is 240 g/mol. The summed E-state index contributed by atoms with van der Waals surface area (Å²) >= 11 is 0. The zero-order chi connectivity index (χ0) is 12.0. The first kappa shape index (κ1) is 15.9. The molecule has 1 amide bonds. The van der Waals surface area contributed by atoms with Crippen molar-refractivity contribution >= 4 is 18.3 Å². The molecule has 0 aliphatic carbocycles. The van der Waals surface area contributed by atoms with Crippen LogP contribution in [0.3, 0.4) is 0 Å². The van der Waals surface area contributed by atoms with Crippen LogP contribution in [0, 0.1) is 0 Å². The van der Waals surface area contributed by atoms with Crippen LogP contribution in [0.4, 0.5) is 0 Å². The van der Waals surface area contributed by atoms with Crippen LogP contribution in [0.2, 0.25) is 0 Å². The first-order valence-electron chi connectivity index (χ1n) is 5.26. The minimum atomic E-state index is -0.492. The number of amides is 1. The lowest BCUT2D eigenvalue weighted by Gasteiger charge is -2.17. The van der Waals surface area contributed by atoms with E-state index in [-0.39, 0.29) is 24.4 Å². The molecule has 96 valence electrons. The second kappa shape index (κ2) is 8.06. The van der Waals surface area contributed by atoms with E-state index >= 15 is 0 Å². The molecule has 0 bridgehead atoms. The molecule has 0 saturated heterocycles. The van der Waals surface area contributed by atoms with Crippen LogP contribution in [0.1, 0.15) is 18.6 Å². The van der Waals surface area contributed by atoms with Crippen LogP contribution in [-0.2, 0) is 9.53 Å². The number of benzene rings is 1. The maximum absolute atomic E-state index is 11.3. The molecule has 1 unspecified atom stereocenters. The Morgan fingerprint density at radius 3 is 2.47 bits per heavy atom. The van der Waals surface area contributed by atoms with Crippen molar-refractivity contribution in [2.45, 2.75) is 19.1 Å². The number of hydrogen-bond acceptors (Lipinski definition) is 3. The third kappa shape index (κ3) is 5.17. The minimum Gasteiger partial charge on any atom is -0.375 e. The highest BCUT2D eigenvalue weighted by atomic mass is 35.5. The third-order valence-electron chi connectivity index (χ3n) is 2.33. The van der Waals surface area contributed by atoms with Gasteiger partial charge in [-0.1, -0.05) is 30.3 Å². The maximum Gasteiger partial charge on any atom is 0.236 e. The van der Waals surface area contributed by atoms with Gasteiger partial charge < -0.3 is 15.8 Å². The number of nitrogens with two attached hydrogens (primary N) is 1. The smallest absolute Gasteiger partial charge is 0.236 e. The molecule has 0 spiro atoms. The van der Waals surface area contributed by atoms with Crippen LogP contribution in [0.25, 0.3) is 0 Å². The predicted octanol–water partition coefficient (Wildman–Crippen LogP) is 1.26. The summed E-state index contributed by atoms with van der Waals surface area (Å²) in [6.45, 7) is 2.08. The molecule has 0 heterocycles. The number of carbonyl (C=O) groups excluding carboxylic acids is 1. The fraction of sp³-hybridized carbons (Fsp3) is 0.417. The van der Waals surface area contributed by atoms with Crippen LogP contribution >= 0.6 is 12.4 Å². The summed E-state index contributed by atoms with van der Waals surface area (Å²) in [7, 11) is 1.62. The topological polar surface area (TPSA) is 64.3 Å². The van der Waals surface area contributed by atoms with Gasteiger partial charge in [-0.05, 0) is 12.5 Å². The number of hydrogen-bond donors (Lipinski definition) is 2. The molecule has 0 fully saturated rings. The molecule has 5 heteroatoms. The molecular formula is C12H19ClN2O2. The average molecular weight is 259 g/mol. The quantitative estimate of drug-likeness (QED) is 0.836. The van der Waals surface area contributed by atoms with Crippen molar-refractivity contribution in [3.8, 4) is 0 Å². The summed E-state index contributed by atoms with van der Waals surface area (Å²) < 4.78 is 5.31. The lowest BCUT2D eigenvalue weighted by molar-refractivity contribution is -0.122. The zero-order valence-corrected chi connectivity index (χ0v) is 10.9. The number of rotatable bonds is 5. The van der Waals surface area contributed by atoms with Gasteiger partial charge in [0.2, 0.25) is 5.91 Å². The molecule has 1 rings (SSSR count). The van der Waals surface area contributed by atoms with Gasteiger partial charge in [0.15, 0.2) is 0 Å². The molecule has 1 aromatic carbocycles. The zero-order valence-electron chi connectivity index (χ0n) is 10.1. The van der Waals surface area contributed by atoms with Crippen molar-refractivity contribution in [3.05, 3.63) is 35.9 Å². The normalized spacial score (nSPS) is 13.4. The van der Waals surface area contributed by atoms with Gasteiger partial charge >= 0.3 is 0 Å². The Hall–Kier alpha value is -1.10. The van der Waals surface area contributed by atoms with Gasteiger partial charge in [-0.15, -0.1) is 12.4 Å². The molecule has 17 heavy (non-hydrogen) atoms. The van der Waals surface area contributed by atoms with Crippen molar-refractivity contribution in [1.82, 2.24) is 5.32 Å². The highest BCUT2D eigenvalue weighted by molar-refractivity contribution is 5.85. The van der Waals surface area contributed by atoms with E-state index in [9.17, 15) is 4.79 Å². The van der Waals surface area contributed by atoms with Crippen molar-refractivity contribution in [2.24, 2.45) is 5.73 Å². The highest BCUT2D eigenvalue weighted by Gasteiger charge is 2.13. The van der Waals surface area contributed by atoms with Gasteiger partial charge in [0.25, 0.3) is 0 Å². The SMILES string of the molecule is COC(CNC(=O)[C@@H](C)N)c1ccccc1.Cl. The molecule has 0 saturated carbocycles. The highest BCUT2D eigenvalue weighted by Crippen LogP contribution is 2.14. The summed E-state index contributed by atoms with van der Waals surface area (Å²) in [4.78, 5) is 11.3. The van der Waals surface area contributed by atoms with Gasteiger partial charge in [-0.2, -0.15) is 0 Å². The predicted molar refractivity (Wildman–Crippen MR) is 70.1 cm³/mol. The second-order valence-electron chi connectivity index (χ2n) is 3.67. The fourth-order valence-electron chi connectivity index (χ4n) is 1.36. The van der Waals surface area contributed by atoms with E-state index in [0.29, 0.717) is 6.54 Å². The first-order valence-corrected chi connectivity index (χ1v) is 5.26. The summed E-state index contributed by atoms with van der Waals surface area (Å²) in [5.74, 6) is -0.169. The number of nitrogens with one attached hydrogen (secondary N) is 1. The monoisotopic (exact) mass is 258 g/mol. The molecule has 4 nitrogen and oxygen atoms in total. The Bertz CT molecular complexity index is 331. The Morgan fingerprint density at radius 2 is 2.00 bits per heavy atom. The standard InChI is InChI=1S/C12H18N2O2.ClH/c1-9(13)12(15)14-8-11(16-2)10-6-4-3-5-7-10;/h3-7,9,11H,8,13H2,1-2H3,(H,14,15);1H/t9-,11?;/m1./s1. The van der Waals surface area contributed by atoms with E-state index in [1.165, 1.54) is 0 Å². The van der Waals surface area contributed by atoms with E-state index in [4.69, 9.17) is 10.5 Å². The minimum absolute atomic E-state index is 0. The van der Waals surface area contributed by atoms with Crippen LogP contribution in [0.15, 0.2) is 30.3 Å². The summed E-state index contributed by atoms with van der Waals surface area (Å²) in [5, 5.41) is 2.74. The van der Waals surface area contributed by atoms with Crippen molar-refractivity contribution in [2.75, 3.05) is 13.7 Å². The van der Waals surface area contributed by atoms with Crippen LogP contribution in [0.5, 0.6) is 0 Å². The Kier molecular flexibility index (Phi) is 7.54. The second-order valence-corrected chi connectivity index (χ2v) is 3.67. The largest absolute Gasteiger partial charge is 0.375 e. The fourth-order valence-corrected chi connectivity index (χ4v) is 1.36. The molecule has 0 radical (unpaired) electrons. The number of ether oxygens (including phenoxy) is 1. The van der Waals surface area contributed by atoms with E-state index in [0.717, 1.165) is 5.56 Å². The van der Waals surface area contributed by atoms with Gasteiger partial charge in [0, 0.05) is 13.7 Å².